The lowest BCUT2D eigenvalue weighted by atomic mass is 10.1. The molecule has 0 spiro atoms. The summed E-state index contributed by atoms with van der Waals surface area (Å²) in [7, 11) is 0. The highest BCUT2D eigenvalue weighted by Crippen LogP contribution is 2.09. The van der Waals surface area contributed by atoms with Crippen LogP contribution in [0.15, 0.2) is 24.8 Å². The van der Waals surface area contributed by atoms with Crippen LogP contribution >= 0.6 is 0 Å². The van der Waals surface area contributed by atoms with Gasteiger partial charge in [0.15, 0.2) is 0 Å². The summed E-state index contributed by atoms with van der Waals surface area (Å²) < 4.78 is 0. The summed E-state index contributed by atoms with van der Waals surface area (Å²) in [5.74, 6) is 0. The molecule has 0 heterocycles. The van der Waals surface area contributed by atoms with E-state index < -0.39 is 0 Å². The fraction of sp³-hybridized carbons (Fsp3) is 0. The van der Waals surface area contributed by atoms with Crippen molar-refractivity contribution in [2.24, 2.45) is 0 Å². The molecule has 1 aromatic rings. The fourth-order valence-electron chi connectivity index (χ4n) is 0.858. The maximum Gasteiger partial charge on any atom is 0.0998 e. The van der Waals surface area contributed by atoms with Crippen molar-refractivity contribution in [2.45, 2.75) is 0 Å². The molecule has 12 heavy (non-hydrogen) atoms. The zero-order valence-corrected chi connectivity index (χ0v) is 6.33. The average molecular weight is 153 g/mol. The molecule has 0 saturated carbocycles. The summed E-state index contributed by atoms with van der Waals surface area (Å²) in [4.78, 5) is 0. The van der Waals surface area contributed by atoms with Crippen molar-refractivity contribution >= 4 is 0 Å². The summed E-state index contributed by atoms with van der Waals surface area (Å²) in [6.07, 6.45) is 2.60. The Morgan fingerprint density at radius 1 is 1.08 bits per heavy atom. The highest BCUT2D eigenvalue weighted by molar-refractivity contribution is 5.46. The molecular formula is C10H5N2. The van der Waals surface area contributed by atoms with Gasteiger partial charge >= 0.3 is 0 Å². The van der Waals surface area contributed by atoms with Crippen LogP contribution in [0.4, 0.5) is 0 Å². The smallest absolute Gasteiger partial charge is 0.0998 e. The molecule has 0 bridgehead atoms. The van der Waals surface area contributed by atoms with Gasteiger partial charge in [0.25, 0.3) is 0 Å². The van der Waals surface area contributed by atoms with Crippen LogP contribution in [0.25, 0.3) is 0 Å². The van der Waals surface area contributed by atoms with Gasteiger partial charge in [0, 0.05) is 5.56 Å². The zero-order valence-electron chi connectivity index (χ0n) is 6.33. The van der Waals surface area contributed by atoms with Crippen molar-refractivity contribution in [3.8, 4) is 12.1 Å². The second-order valence-corrected chi connectivity index (χ2v) is 2.16. The molecule has 0 unspecified atom stereocenters. The molecule has 0 aliphatic carbocycles. The minimum atomic E-state index is 0.490. The molecule has 0 saturated heterocycles. The molecule has 0 amide bonds. The number of hydrogen-bond donors (Lipinski definition) is 0. The molecule has 2 nitrogen and oxygen atoms in total. The lowest BCUT2D eigenvalue weighted by molar-refractivity contribution is 1.42. The van der Waals surface area contributed by atoms with E-state index in [2.05, 4.69) is 12.7 Å². The van der Waals surface area contributed by atoms with Gasteiger partial charge in [0.2, 0.25) is 0 Å². The lowest BCUT2D eigenvalue weighted by Crippen LogP contribution is -1.84. The van der Waals surface area contributed by atoms with Crippen LogP contribution in [-0.4, -0.2) is 0 Å². The Bertz CT molecular complexity index is 391. The molecule has 0 N–H and O–H groups in total. The molecule has 0 aromatic heterocycles. The fourth-order valence-corrected chi connectivity index (χ4v) is 0.858. The third kappa shape index (κ3) is 1.33. The summed E-state index contributed by atoms with van der Waals surface area (Å²) in [6, 6.07) is 8.74. The van der Waals surface area contributed by atoms with Crippen LogP contribution in [-0.2, 0) is 0 Å². The minimum absolute atomic E-state index is 0.490. The van der Waals surface area contributed by atoms with Crippen LogP contribution in [0.1, 0.15) is 16.7 Å². The third-order valence-electron chi connectivity index (χ3n) is 1.46. The van der Waals surface area contributed by atoms with E-state index in [1.807, 2.05) is 12.1 Å². The Hall–Kier alpha value is -2.06. The first kappa shape index (κ1) is 8.04. The standard InChI is InChI=1S/C10H5N2/c1-2-9-5-8(6-11)3-4-10(9)7-12/h3-5H,1H2. The second-order valence-electron chi connectivity index (χ2n) is 2.16. The van der Waals surface area contributed by atoms with Gasteiger partial charge in [-0.2, -0.15) is 10.5 Å². The number of benzene rings is 1. The van der Waals surface area contributed by atoms with Gasteiger partial charge in [0.05, 0.1) is 23.3 Å². The molecule has 2 heteroatoms. The van der Waals surface area contributed by atoms with Gasteiger partial charge in [0.1, 0.15) is 0 Å². The Morgan fingerprint density at radius 3 is 2.33 bits per heavy atom. The predicted molar refractivity (Wildman–Crippen MR) is 43.8 cm³/mol. The van der Waals surface area contributed by atoms with Crippen LogP contribution in [0.3, 0.4) is 0 Å². The van der Waals surface area contributed by atoms with Crippen LogP contribution in [0, 0.1) is 28.7 Å². The van der Waals surface area contributed by atoms with E-state index in [-0.39, 0.29) is 0 Å². The zero-order chi connectivity index (χ0) is 8.97. The molecular weight excluding hydrogens is 148 g/mol. The van der Waals surface area contributed by atoms with Crippen molar-refractivity contribution < 1.29 is 0 Å². The molecule has 0 aliphatic rings. The molecule has 0 aliphatic heterocycles. The largest absolute Gasteiger partial charge is 0.192 e. The maximum atomic E-state index is 8.61. The van der Waals surface area contributed by atoms with Crippen molar-refractivity contribution in [2.75, 3.05) is 0 Å². The number of hydrogen-bond acceptors (Lipinski definition) is 2. The Kier molecular flexibility index (Phi) is 2.26. The summed E-state index contributed by atoms with van der Waals surface area (Å²) in [5.41, 5.74) is 1.58. The Balaban J connectivity index is 3.34. The summed E-state index contributed by atoms with van der Waals surface area (Å²) in [6.45, 7) is 3.43. The highest BCUT2D eigenvalue weighted by Gasteiger charge is 1.98. The van der Waals surface area contributed by atoms with Gasteiger partial charge in [-0.15, -0.1) is 0 Å². The van der Waals surface area contributed by atoms with Gasteiger partial charge < -0.3 is 0 Å². The SMILES string of the molecule is C=[C]c1cc(C#N)ccc1C#N. The monoisotopic (exact) mass is 153 g/mol. The van der Waals surface area contributed by atoms with Gasteiger partial charge in [-0.05, 0) is 24.3 Å². The number of nitriles is 2. The van der Waals surface area contributed by atoms with Crippen LogP contribution < -0.4 is 0 Å². The topological polar surface area (TPSA) is 47.6 Å². The van der Waals surface area contributed by atoms with Crippen molar-refractivity contribution in [1.82, 2.24) is 0 Å². The first-order chi connectivity index (χ1) is 5.81. The minimum Gasteiger partial charge on any atom is -0.192 e. The molecule has 1 aromatic carbocycles. The Labute approximate surface area is 71.0 Å². The summed E-state index contributed by atoms with van der Waals surface area (Å²) in [5, 5.41) is 17.2. The lowest BCUT2D eigenvalue weighted by Gasteiger charge is -1.95. The van der Waals surface area contributed by atoms with Crippen LogP contribution in [0.2, 0.25) is 0 Å². The molecule has 1 rings (SSSR count). The molecule has 0 fully saturated rings. The van der Waals surface area contributed by atoms with E-state index in [0.717, 1.165) is 0 Å². The van der Waals surface area contributed by atoms with Gasteiger partial charge in [-0.3, -0.25) is 0 Å². The van der Waals surface area contributed by atoms with Gasteiger partial charge in [-0.1, -0.05) is 6.58 Å². The molecule has 0 atom stereocenters. The highest BCUT2D eigenvalue weighted by atomic mass is 14.3. The van der Waals surface area contributed by atoms with E-state index in [0.29, 0.717) is 16.7 Å². The normalized spacial score (nSPS) is 8.17. The average Bonchev–Trinajstić information content (AvgIpc) is 2.16. The van der Waals surface area contributed by atoms with Crippen LogP contribution in [0.5, 0.6) is 0 Å². The van der Waals surface area contributed by atoms with E-state index in [4.69, 9.17) is 10.5 Å². The molecule has 55 valence electrons. The van der Waals surface area contributed by atoms with Crippen molar-refractivity contribution in [1.29, 1.82) is 10.5 Å². The third-order valence-corrected chi connectivity index (χ3v) is 1.46. The number of rotatable bonds is 1. The quantitative estimate of drug-likeness (QED) is 0.617. The van der Waals surface area contributed by atoms with Crippen molar-refractivity contribution in [3.63, 3.8) is 0 Å². The predicted octanol–water partition coefficient (Wildman–Crippen LogP) is 1.77. The van der Waals surface area contributed by atoms with E-state index in [1.54, 1.807) is 18.2 Å². The van der Waals surface area contributed by atoms with Gasteiger partial charge in [-0.25, -0.2) is 0 Å². The van der Waals surface area contributed by atoms with Crippen molar-refractivity contribution in [3.05, 3.63) is 47.5 Å². The second kappa shape index (κ2) is 3.37. The Morgan fingerprint density at radius 2 is 1.83 bits per heavy atom. The first-order valence-electron chi connectivity index (χ1n) is 3.29. The molecule has 1 radical (unpaired) electrons. The first-order valence-corrected chi connectivity index (χ1v) is 3.29. The van der Waals surface area contributed by atoms with E-state index in [1.165, 1.54) is 0 Å². The summed E-state index contributed by atoms with van der Waals surface area (Å²) >= 11 is 0. The number of nitrogens with zero attached hydrogens (tertiary/aromatic N) is 2. The van der Waals surface area contributed by atoms with E-state index >= 15 is 0 Å². The maximum absolute atomic E-state index is 8.61. The van der Waals surface area contributed by atoms with E-state index in [9.17, 15) is 0 Å².